The van der Waals surface area contributed by atoms with Gasteiger partial charge in [-0.15, -0.1) is 0 Å². The van der Waals surface area contributed by atoms with Crippen LogP contribution in [-0.2, 0) is 24.1 Å². The molecular formula is C31H40N4O3. The number of carboxylic acid groups (broad SMARTS) is 1. The van der Waals surface area contributed by atoms with E-state index in [-0.39, 0.29) is 0 Å². The predicted molar refractivity (Wildman–Crippen MR) is 153 cm³/mol. The first-order valence-corrected chi connectivity index (χ1v) is 13.7. The molecule has 202 valence electrons. The number of rotatable bonds is 12. The monoisotopic (exact) mass is 516 g/mol. The van der Waals surface area contributed by atoms with Gasteiger partial charge >= 0.3 is 5.97 Å². The molecule has 0 radical (unpaired) electrons. The van der Waals surface area contributed by atoms with Gasteiger partial charge in [-0.2, -0.15) is 0 Å². The lowest BCUT2D eigenvalue weighted by atomic mass is 9.95. The summed E-state index contributed by atoms with van der Waals surface area (Å²) in [5, 5.41) is 13.9. The predicted octanol–water partition coefficient (Wildman–Crippen LogP) is 5.47. The van der Waals surface area contributed by atoms with Gasteiger partial charge in [0.1, 0.15) is 0 Å². The van der Waals surface area contributed by atoms with E-state index in [9.17, 15) is 9.90 Å². The Kier molecular flexibility index (Phi) is 9.87. The second-order valence-corrected chi connectivity index (χ2v) is 9.71. The first kappa shape index (κ1) is 27.8. The van der Waals surface area contributed by atoms with Crippen molar-refractivity contribution in [2.45, 2.75) is 40.2 Å². The average molecular weight is 517 g/mol. The Morgan fingerprint density at radius 1 is 1.00 bits per heavy atom. The summed E-state index contributed by atoms with van der Waals surface area (Å²) in [5.41, 5.74) is 7.43. The number of aromatic nitrogens is 1. The number of nitrogens with one attached hydrogen (secondary N) is 1. The van der Waals surface area contributed by atoms with Crippen LogP contribution in [0.1, 0.15) is 47.8 Å². The van der Waals surface area contributed by atoms with Gasteiger partial charge in [0.25, 0.3) is 0 Å². The smallest absolute Gasteiger partial charge is 0.338 e. The molecule has 0 aliphatic carbocycles. The number of pyridine rings is 1. The van der Waals surface area contributed by atoms with Gasteiger partial charge in [-0.1, -0.05) is 32.9 Å². The zero-order valence-corrected chi connectivity index (χ0v) is 22.9. The maximum Gasteiger partial charge on any atom is 0.338 e. The molecule has 1 fully saturated rings. The van der Waals surface area contributed by atoms with Crippen molar-refractivity contribution in [2.24, 2.45) is 0 Å². The maximum absolute atomic E-state index is 12.6. The highest BCUT2D eigenvalue weighted by atomic mass is 16.5. The molecule has 4 rings (SSSR count). The second kappa shape index (κ2) is 13.5. The topological polar surface area (TPSA) is 77.9 Å². The first-order chi connectivity index (χ1) is 18.5. The number of carbonyl (C=O) groups is 1. The van der Waals surface area contributed by atoms with Crippen molar-refractivity contribution < 1.29 is 14.6 Å². The minimum atomic E-state index is -0.906. The molecule has 7 heteroatoms. The minimum Gasteiger partial charge on any atom is -0.478 e. The van der Waals surface area contributed by atoms with Crippen LogP contribution in [0.15, 0.2) is 54.9 Å². The molecule has 2 N–H and O–H groups in total. The fraction of sp³-hybridized carbons (Fsp3) is 0.419. The molecule has 1 saturated heterocycles. The number of carboxylic acids is 1. The minimum absolute atomic E-state index is 0.347. The van der Waals surface area contributed by atoms with Gasteiger partial charge in [-0.25, -0.2) is 4.79 Å². The molecular weight excluding hydrogens is 476 g/mol. The largest absolute Gasteiger partial charge is 0.478 e. The lowest BCUT2D eigenvalue weighted by Gasteiger charge is -2.30. The molecule has 1 aromatic heterocycles. The Labute approximate surface area is 226 Å². The van der Waals surface area contributed by atoms with Crippen LogP contribution in [0, 0.1) is 0 Å². The standard InChI is InChI=1S/C31H40N4O3/c1-4-23-20-27(25-10-12-32-13-11-25)21-24(5-2)30(23)33-28-9-7-8-26(29(28)31(36)37)22-34(6-3)14-15-35-16-18-38-19-17-35/h7-13,20-21,33H,4-6,14-19,22H2,1-3H3,(H,36,37). The fourth-order valence-electron chi connectivity index (χ4n) is 5.12. The number of benzene rings is 2. The molecule has 0 spiro atoms. The Balaban J connectivity index is 1.61. The molecule has 0 saturated carbocycles. The van der Waals surface area contributed by atoms with Crippen LogP contribution < -0.4 is 5.32 Å². The van der Waals surface area contributed by atoms with Crippen molar-refractivity contribution in [3.63, 3.8) is 0 Å². The van der Waals surface area contributed by atoms with Gasteiger partial charge in [0.2, 0.25) is 0 Å². The summed E-state index contributed by atoms with van der Waals surface area (Å²) >= 11 is 0. The Morgan fingerprint density at radius 2 is 1.68 bits per heavy atom. The number of aromatic carboxylic acids is 1. The number of hydrogen-bond acceptors (Lipinski definition) is 6. The Morgan fingerprint density at radius 3 is 2.29 bits per heavy atom. The summed E-state index contributed by atoms with van der Waals surface area (Å²) in [5.74, 6) is -0.906. The SMILES string of the molecule is CCc1cc(-c2ccncc2)cc(CC)c1Nc1cccc(CN(CC)CCN2CCOCC2)c1C(=O)O. The van der Waals surface area contributed by atoms with Crippen molar-refractivity contribution in [1.82, 2.24) is 14.8 Å². The van der Waals surface area contributed by atoms with Gasteiger partial charge in [0.15, 0.2) is 0 Å². The number of nitrogens with zero attached hydrogens (tertiary/aromatic N) is 3. The summed E-state index contributed by atoms with van der Waals surface area (Å²) in [4.78, 5) is 21.4. The summed E-state index contributed by atoms with van der Waals surface area (Å²) in [6.07, 6.45) is 5.29. The van der Waals surface area contributed by atoms with Gasteiger partial charge in [0.05, 0.1) is 24.5 Å². The van der Waals surface area contributed by atoms with E-state index in [1.165, 1.54) is 11.1 Å². The van der Waals surface area contributed by atoms with E-state index in [0.29, 0.717) is 17.8 Å². The van der Waals surface area contributed by atoms with Gasteiger partial charge in [-0.05, 0) is 77.5 Å². The van der Waals surface area contributed by atoms with Gasteiger partial charge in [-0.3, -0.25) is 14.8 Å². The molecule has 2 heterocycles. The fourth-order valence-corrected chi connectivity index (χ4v) is 5.12. The summed E-state index contributed by atoms with van der Waals surface area (Å²) < 4.78 is 5.46. The number of anilines is 2. The Bertz CT molecular complexity index is 1180. The van der Waals surface area contributed by atoms with E-state index in [2.05, 4.69) is 53.0 Å². The lowest BCUT2D eigenvalue weighted by molar-refractivity contribution is 0.0332. The quantitative estimate of drug-likeness (QED) is 0.331. The third-order valence-corrected chi connectivity index (χ3v) is 7.38. The van der Waals surface area contributed by atoms with E-state index >= 15 is 0 Å². The summed E-state index contributed by atoms with van der Waals surface area (Å²) in [6.45, 7) is 13.2. The summed E-state index contributed by atoms with van der Waals surface area (Å²) in [7, 11) is 0. The van der Waals surface area contributed by atoms with Gasteiger partial charge < -0.3 is 15.2 Å². The van der Waals surface area contributed by atoms with Crippen molar-refractivity contribution in [3.05, 3.63) is 77.1 Å². The van der Waals surface area contributed by atoms with E-state index < -0.39 is 5.97 Å². The molecule has 3 aromatic rings. The van der Waals surface area contributed by atoms with E-state index in [4.69, 9.17) is 4.74 Å². The molecule has 0 amide bonds. The molecule has 0 unspecified atom stereocenters. The average Bonchev–Trinajstić information content (AvgIpc) is 2.96. The zero-order valence-electron chi connectivity index (χ0n) is 22.9. The van der Waals surface area contributed by atoms with Crippen molar-refractivity contribution >= 4 is 17.3 Å². The third kappa shape index (κ3) is 6.78. The van der Waals surface area contributed by atoms with Crippen molar-refractivity contribution in [1.29, 1.82) is 0 Å². The molecule has 38 heavy (non-hydrogen) atoms. The van der Waals surface area contributed by atoms with Crippen LogP contribution in [0.4, 0.5) is 11.4 Å². The van der Waals surface area contributed by atoms with Crippen LogP contribution in [0.2, 0.25) is 0 Å². The molecule has 0 bridgehead atoms. The highest BCUT2D eigenvalue weighted by Crippen LogP contribution is 2.34. The van der Waals surface area contributed by atoms with E-state index in [0.717, 1.165) is 81.2 Å². The molecule has 1 aliphatic heterocycles. The number of hydrogen-bond donors (Lipinski definition) is 2. The van der Waals surface area contributed by atoms with Crippen LogP contribution >= 0.6 is 0 Å². The summed E-state index contributed by atoms with van der Waals surface area (Å²) in [6, 6.07) is 14.2. The van der Waals surface area contributed by atoms with Crippen LogP contribution in [0.5, 0.6) is 0 Å². The lowest BCUT2D eigenvalue weighted by Crippen LogP contribution is -2.41. The first-order valence-electron chi connectivity index (χ1n) is 13.7. The molecule has 7 nitrogen and oxygen atoms in total. The molecule has 2 aromatic carbocycles. The molecule has 0 atom stereocenters. The van der Waals surface area contributed by atoms with Crippen molar-refractivity contribution in [2.75, 3.05) is 51.3 Å². The Hall–Kier alpha value is -3.26. The van der Waals surface area contributed by atoms with Crippen LogP contribution in [-0.4, -0.2) is 71.8 Å². The number of ether oxygens (including phenoxy) is 1. The van der Waals surface area contributed by atoms with E-state index in [1.54, 1.807) is 0 Å². The number of aryl methyl sites for hydroxylation is 2. The number of likely N-dealkylation sites (N-methyl/N-ethyl adjacent to an activating group) is 1. The highest BCUT2D eigenvalue weighted by Gasteiger charge is 2.20. The molecule has 1 aliphatic rings. The van der Waals surface area contributed by atoms with Crippen molar-refractivity contribution in [3.8, 4) is 11.1 Å². The zero-order chi connectivity index (χ0) is 26.9. The second-order valence-electron chi connectivity index (χ2n) is 9.71. The highest BCUT2D eigenvalue weighted by molar-refractivity contribution is 5.97. The van der Waals surface area contributed by atoms with Gasteiger partial charge in [0, 0.05) is 50.8 Å². The normalized spacial score (nSPS) is 14.1. The third-order valence-electron chi connectivity index (χ3n) is 7.38. The number of morpholine rings is 1. The maximum atomic E-state index is 12.6. The van der Waals surface area contributed by atoms with Crippen LogP contribution in [0.3, 0.4) is 0 Å². The van der Waals surface area contributed by atoms with Crippen LogP contribution in [0.25, 0.3) is 11.1 Å². The van der Waals surface area contributed by atoms with E-state index in [1.807, 2.05) is 42.7 Å².